The molecule has 0 saturated carbocycles. The average molecular weight is 619 g/mol. The highest BCUT2D eigenvalue weighted by atomic mass is 79.9. The smallest absolute Gasteiger partial charge is 0.266 e. The summed E-state index contributed by atoms with van der Waals surface area (Å²) >= 11 is 3.27. The summed E-state index contributed by atoms with van der Waals surface area (Å²) in [5, 5.41) is 2.68. The van der Waals surface area contributed by atoms with Crippen LogP contribution in [0.15, 0.2) is 100 Å². The van der Waals surface area contributed by atoms with Crippen molar-refractivity contribution in [3.8, 4) is 11.5 Å². The van der Waals surface area contributed by atoms with E-state index >= 15 is 0 Å². The summed E-state index contributed by atoms with van der Waals surface area (Å²) in [6.45, 7) is 1.93. The topological polar surface area (TPSA) is 110 Å². The van der Waals surface area contributed by atoms with Crippen molar-refractivity contribution in [3.63, 3.8) is 0 Å². The monoisotopic (exact) mass is 618 g/mol. The van der Waals surface area contributed by atoms with Crippen LogP contribution < -0.4 is 15.0 Å². The van der Waals surface area contributed by atoms with Crippen LogP contribution in [0.1, 0.15) is 32.7 Å². The van der Waals surface area contributed by atoms with E-state index in [1.807, 2.05) is 19.1 Å². The first kappa shape index (κ1) is 27.3. The quantitative estimate of drug-likeness (QED) is 0.237. The number of nitrogens with zero attached hydrogens (tertiary/aromatic N) is 1. The van der Waals surface area contributed by atoms with E-state index in [2.05, 4.69) is 21.2 Å². The molecule has 1 heterocycles. The Balaban J connectivity index is 1.20. The van der Waals surface area contributed by atoms with Crippen molar-refractivity contribution in [1.82, 2.24) is 0 Å². The predicted octanol–water partition coefficient (Wildman–Crippen LogP) is 6.15. The summed E-state index contributed by atoms with van der Waals surface area (Å²) in [5.41, 5.74) is 2.55. The fourth-order valence-electron chi connectivity index (χ4n) is 4.16. The Labute approximate surface area is 239 Å². The Morgan fingerprint density at radius 3 is 2.12 bits per heavy atom. The minimum absolute atomic E-state index is 0.158. The van der Waals surface area contributed by atoms with Crippen LogP contribution in [-0.4, -0.2) is 31.9 Å². The molecule has 0 atom stereocenters. The lowest BCUT2D eigenvalue weighted by Crippen LogP contribution is -2.29. The van der Waals surface area contributed by atoms with Crippen molar-refractivity contribution in [2.45, 2.75) is 18.2 Å². The summed E-state index contributed by atoms with van der Waals surface area (Å²) in [5.74, 6) is -0.741. The molecule has 0 unspecified atom stereocenters. The second-order valence-electron chi connectivity index (χ2n) is 9.19. The van der Waals surface area contributed by atoms with E-state index in [-0.39, 0.29) is 28.5 Å². The Kier molecular flexibility index (Phi) is 7.55. The van der Waals surface area contributed by atoms with Gasteiger partial charge in [-0.2, -0.15) is 0 Å². The molecule has 3 amide bonds. The maximum absolute atomic E-state index is 13.0. The van der Waals surface area contributed by atoms with E-state index in [4.69, 9.17) is 4.74 Å². The van der Waals surface area contributed by atoms with Gasteiger partial charge in [-0.3, -0.25) is 14.4 Å². The number of amides is 3. The second-order valence-corrected chi connectivity index (χ2v) is 12.2. The Hall–Kier alpha value is -4.28. The van der Waals surface area contributed by atoms with Gasteiger partial charge in [-0.25, -0.2) is 13.3 Å². The summed E-state index contributed by atoms with van der Waals surface area (Å²) in [6.07, 6.45) is -0.196. The van der Waals surface area contributed by atoms with Crippen molar-refractivity contribution in [2.24, 2.45) is 0 Å². The number of nitrogens with one attached hydrogen (secondary N) is 1. The first-order valence-corrected chi connectivity index (χ1v) is 14.7. The third-order valence-corrected chi connectivity index (χ3v) is 8.56. The van der Waals surface area contributed by atoms with E-state index in [1.165, 1.54) is 18.2 Å². The summed E-state index contributed by atoms with van der Waals surface area (Å²) in [4.78, 5) is 39.6. The van der Waals surface area contributed by atoms with E-state index in [9.17, 15) is 22.8 Å². The predicted molar refractivity (Wildman–Crippen MR) is 155 cm³/mol. The third-order valence-electron chi connectivity index (χ3n) is 6.29. The minimum Gasteiger partial charge on any atom is -0.457 e. The van der Waals surface area contributed by atoms with Gasteiger partial charge >= 0.3 is 0 Å². The fraction of sp³-hybridized carbons (Fsp3) is 0.100. The summed E-state index contributed by atoms with van der Waals surface area (Å²) < 4.78 is 31.6. The van der Waals surface area contributed by atoms with Crippen LogP contribution in [0.2, 0.25) is 0 Å². The molecule has 10 heteroatoms. The number of carbonyl (C=O) groups excluding carboxylic acids is 3. The number of anilines is 2. The highest BCUT2D eigenvalue weighted by Gasteiger charge is 2.37. The first-order valence-electron chi connectivity index (χ1n) is 12.3. The van der Waals surface area contributed by atoms with Crippen LogP contribution in [0, 0.1) is 6.92 Å². The highest BCUT2D eigenvalue weighted by Crippen LogP contribution is 2.32. The molecule has 1 N–H and O–H groups in total. The van der Waals surface area contributed by atoms with E-state index in [0.29, 0.717) is 28.4 Å². The van der Waals surface area contributed by atoms with Crippen LogP contribution in [0.25, 0.3) is 0 Å². The van der Waals surface area contributed by atoms with E-state index in [1.54, 1.807) is 60.7 Å². The van der Waals surface area contributed by atoms with Gasteiger partial charge in [-0.05, 0) is 85.8 Å². The minimum atomic E-state index is -3.59. The number of hydrogen-bond acceptors (Lipinski definition) is 6. The van der Waals surface area contributed by atoms with Gasteiger partial charge in [0.05, 0.1) is 27.5 Å². The molecular formula is C30H23BrN2O6S. The molecule has 0 saturated heterocycles. The molecule has 4 aromatic rings. The zero-order chi connectivity index (χ0) is 28.4. The van der Waals surface area contributed by atoms with Crippen molar-refractivity contribution < 1.29 is 27.5 Å². The molecule has 0 spiro atoms. The molecule has 40 heavy (non-hydrogen) atoms. The number of imide groups is 1. The van der Waals surface area contributed by atoms with Gasteiger partial charge in [0.15, 0.2) is 9.84 Å². The number of aryl methyl sites for hydroxylation is 1. The van der Waals surface area contributed by atoms with Gasteiger partial charge in [0.2, 0.25) is 5.91 Å². The zero-order valence-corrected chi connectivity index (χ0v) is 23.7. The van der Waals surface area contributed by atoms with Crippen LogP contribution in [0.4, 0.5) is 11.4 Å². The third kappa shape index (κ3) is 5.83. The van der Waals surface area contributed by atoms with Crippen molar-refractivity contribution in [3.05, 3.63) is 112 Å². The Morgan fingerprint density at radius 1 is 0.825 bits per heavy atom. The molecular weight excluding hydrogens is 596 g/mol. The molecule has 8 nitrogen and oxygen atoms in total. The lowest BCUT2D eigenvalue weighted by Gasteiger charge is -2.13. The van der Waals surface area contributed by atoms with Gasteiger partial charge in [-0.15, -0.1) is 0 Å². The van der Waals surface area contributed by atoms with E-state index in [0.717, 1.165) is 14.9 Å². The lowest BCUT2D eigenvalue weighted by atomic mass is 10.1. The number of sulfone groups is 1. The largest absolute Gasteiger partial charge is 0.457 e. The molecule has 0 bridgehead atoms. The SMILES string of the molecule is Cc1ccc(N2C(=O)c3ccc(Oc4ccc(NC(=O)CCS(=O)(=O)c5ccc(Br)cc5)cc4)cc3C2=O)cc1. The van der Waals surface area contributed by atoms with Gasteiger partial charge in [0, 0.05) is 16.6 Å². The standard InChI is InChI=1S/C30H23BrN2O6S/c1-19-2-8-22(9-3-19)33-29(35)26-15-12-24(18-27(26)30(33)36)39-23-10-6-21(7-11-23)32-28(34)16-17-40(37,38)25-13-4-20(31)5-14-25/h2-15,18H,16-17H2,1H3,(H,32,34). The van der Waals surface area contributed by atoms with Gasteiger partial charge in [-0.1, -0.05) is 33.6 Å². The first-order chi connectivity index (χ1) is 19.1. The van der Waals surface area contributed by atoms with Gasteiger partial charge in [0.25, 0.3) is 11.8 Å². The number of carbonyl (C=O) groups is 3. The van der Waals surface area contributed by atoms with Crippen molar-refractivity contribution in [2.75, 3.05) is 16.0 Å². The molecule has 1 aliphatic rings. The van der Waals surface area contributed by atoms with Gasteiger partial charge in [0.1, 0.15) is 11.5 Å². The van der Waals surface area contributed by atoms with Crippen LogP contribution >= 0.6 is 15.9 Å². The molecule has 0 radical (unpaired) electrons. The zero-order valence-electron chi connectivity index (χ0n) is 21.3. The Morgan fingerprint density at radius 2 is 1.45 bits per heavy atom. The molecule has 4 aromatic carbocycles. The maximum Gasteiger partial charge on any atom is 0.266 e. The van der Waals surface area contributed by atoms with E-state index < -0.39 is 21.7 Å². The van der Waals surface area contributed by atoms with Crippen molar-refractivity contribution in [1.29, 1.82) is 0 Å². The number of hydrogen-bond donors (Lipinski definition) is 1. The van der Waals surface area contributed by atoms with Crippen LogP contribution in [0.3, 0.4) is 0 Å². The molecule has 0 aromatic heterocycles. The molecule has 0 fully saturated rings. The van der Waals surface area contributed by atoms with Gasteiger partial charge < -0.3 is 10.1 Å². The second kappa shape index (κ2) is 11.1. The lowest BCUT2D eigenvalue weighted by molar-refractivity contribution is -0.115. The fourth-order valence-corrected chi connectivity index (χ4v) is 5.67. The summed E-state index contributed by atoms with van der Waals surface area (Å²) in [6, 6.07) is 24.6. The number of halogens is 1. The number of fused-ring (bicyclic) bond motifs is 1. The summed E-state index contributed by atoms with van der Waals surface area (Å²) in [7, 11) is -3.59. The number of benzene rings is 4. The molecule has 0 aliphatic carbocycles. The van der Waals surface area contributed by atoms with Crippen LogP contribution in [0.5, 0.6) is 11.5 Å². The maximum atomic E-state index is 13.0. The van der Waals surface area contributed by atoms with Crippen molar-refractivity contribution >= 4 is 54.9 Å². The molecule has 5 rings (SSSR count). The normalized spacial score (nSPS) is 12.8. The molecule has 202 valence electrons. The average Bonchev–Trinajstić information content (AvgIpc) is 3.18. The molecule has 1 aliphatic heterocycles. The highest BCUT2D eigenvalue weighted by molar-refractivity contribution is 9.10. The number of rotatable bonds is 8. The van der Waals surface area contributed by atoms with Crippen LogP contribution in [-0.2, 0) is 14.6 Å². The Bertz CT molecular complexity index is 1720. The number of ether oxygens (including phenoxy) is 1.